The van der Waals surface area contributed by atoms with Crippen LogP contribution in [0.2, 0.25) is 0 Å². The van der Waals surface area contributed by atoms with Crippen molar-refractivity contribution in [2.24, 2.45) is 0 Å². The van der Waals surface area contributed by atoms with E-state index in [2.05, 4.69) is 9.88 Å². The SMILES string of the molecule is COC(=O)c1c(C)oc2c1c(C(c1ccncc1)N1CCOCC1)c(O)c1ccc(OCCc3ccc(F)cc3)cc12. The number of morpholine rings is 1. The molecule has 2 aromatic heterocycles. The zero-order valence-electron chi connectivity index (χ0n) is 23.4. The smallest absolute Gasteiger partial charge is 0.342 e. The Morgan fingerprint density at radius 3 is 2.52 bits per heavy atom. The van der Waals surface area contributed by atoms with Gasteiger partial charge in [0.2, 0.25) is 0 Å². The Kier molecular flexibility index (Phi) is 7.78. The average Bonchev–Trinajstić information content (AvgIpc) is 3.37. The summed E-state index contributed by atoms with van der Waals surface area (Å²) in [6.07, 6.45) is 4.03. The lowest BCUT2D eigenvalue weighted by Gasteiger charge is -2.36. The molecule has 0 amide bonds. The van der Waals surface area contributed by atoms with E-state index in [1.165, 1.54) is 19.2 Å². The number of fused-ring (bicyclic) bond motifs is 3. The number of nitrogens with zero attached hydrogens (tertiary/aromatic N) is 2. The number of ether oxygens (including phenoxy) is 3. The number of hydrogen-bond acceptors (Lipinski definition) is 8. The minimum atomic E-state index is -0.548. The Labute approximate surface area is 242 Å². The lowest BCUT2D eigenvalue weighted by Crippen LogP contribution is -2.39. The van der Waals surface area contributed by atoms with Crippen molar-refractivity contribution in [3.63, 3.8) is 0 Å². The van der Waals surface area contributed by atoms with Crippen LogP contribution in [0.4, 0.5) is 4.39 Å². The van der Waals surface area contributed by atoms with Crippen LogP contribution in [-0.2, 0) is 15.9 Å². The highest BCUT2D eigenvalue weighted by Crippen LogP contribution is 2.48. The number of esters is 1. The summed E-state index contributed by atoms with van der Waals surface area (Å²) >= 11 is 0. The van der Waals surface area contributed by atoms with Crippen LogP contribution in [0.5, 0.6) is 11.5 Å². The van der Waals surface area contributed by atoms with Crippen molar-refractivity contribution >= 4 is 27.7 Å². The molecule has 0 bridgehead atoms. The Balaban J connectivity index is 1.51. The first-order valence-electron chi connectivity index (χ1n) is 13.8. The maximum Gasteiger partial charge on any atom is 0.342 e. The molecule has 6 rings (SSSR count). The number of aryl methyl sites for hydroxylation is 1. The number of pyridine rings is 1. The number of methoxy groups -OCH3 is 1. The van der Waals surface area contributed by atoms with Crippen molar-refractivity contribution < 1.29 is 32.9 Å². The fourth-order valence-electron chi connectivity index (χ4n) is 5.76. The summed E-state index contributed by atoms with van der Waals surface area (Å²) in [5.41, 5.74) is 3.17. The summed E-state index contributed by atoms with van der Waals surface area (Å²) in [5.74, 6) is 0.189. The lowest BCUT2D eigenvalue weighted by atomic mass is 9.89. The van der Waals surface area contributed by atoms with Crippen molar-refractivity contribution in [3.05, 3.63) is 101 Å². The van der Waals surface area contributed by atoms with E-state index in [0.29, 0.717) is 78.1 Å². The molecule has 0 aliphatic carbocycles. The average molecular weight is 571 g/mol. The van der Waals surface area contributed by atoms with Crippen molar-refractivity contribution in [2.45, 2.75) is 19.4 Å². The van der Waals surface area contributed by atoms with Gasteiger partial charge in [-0.3, -0.25) is 9.88 Å². The molecule has 1 unspecified atom stereocenters. The fourth-order valence-corrected chi connectivity index (χ4v) is 5.76. The number of phenols is 1. The number of aromatic hydroxyl groups is 1. The number of phenolic OH excluding ortho intramolecular Hbond substituents is 1. The van der Waals surface area contributed by atoms with Gasteiger partial charge in [0.15, 0.2) is 0 Å². The summed E-state index contributed by atoms with van der Waals surface area (Å²) in [5, 5.41) is 13.7. The molecule has 0 spiro atoms. The second-order valence-electron chi connectivity index (χ2n) is 10.3. The number of furan rings is 1. The normalized spacial score (nSPS) is 14.7. The molecule has 3 heterocycles. The van der Waals surface area contributed by atoms with E-state index >= 15 is 0 Å². The molecule has 9 heteroatoms. The van der Waals surface area contributed by atoms with Crippen LogP contribution in [0.25, 0.3) is 21.7 Å². The highest BCUT2D eigenvalue weighted by Gasteiger charge is 2.34. The number of hydrogen-bond donors (Lipinski definition) is 1. The molecule has 0 radical (unpaired) electrons. The first-order valence-corrected chi connectivity index (χ1v) is 13.8. The van der Waals surface area contributed by atoms with Gasteiger partial charge < -0.3 is 23.7 Å². The fraction of sp³-hybridized carbons (Fsp3) is 0.273. The minimum absolute atomic E-state index is 0.0506. The highest BCUT2D eigenvalue weighted by atomic mass is 19.1. The second kappa shape index (κ2) is 11.8. The number of aromatic nitrogens is 1. The monoisotopic (exact) mass is 570 g/mol. The van der Waals surface area contributed by atoms with Gasteiger partial charge in [-0.05, 0) is 60.5 Å². The third-order valence-electron chi connectivity index (χ3n) is 7.77. The van der Waals surface area contributed by atoms with Crippen LogP contribution < -0.4 is 4.74 Å². The maximum atomic E-state index is 13.3. The topological polar surface area (TPSA) is 94.3 Å². The molecule has 42 heavy (non-hydrogen) atoms. The highest BCUT2D eigenvalue weighted by molar-refractivity contribution is 6.17. The first-order chi connectivity index (χ1) is 20.5. The molecule has 3 aromatic carbocycles. The Hall–Kier alpha value is -4.47. The summed E-state index contributed by atoms with van der Waals surface area (Å²) in [4.78, 5) is 19.6. The molecule has 1 N–H and O–H groups in total. The predicted octanol–water partition coefficient (Wildman–Crippen LogP) is 5.96. The largest absolute Gasteiger partial charge is 0.507 e. The van der Waals surface area contributed by atoms with Crippen LogP contribution in [0, 0.1) is 12.7 Å². The molecule has 8 nitrogen and oxygen atoms in total. The zero-order chi connectivity index (χ0) is 29.2. The van der Waals surface area contributed by atoms with Crippen molar-refractivity contribution in [1.82, 2.24) is 9.88 Å². The standard InChI is InChI=1S/C33H31FN2O6/c1-20-27(33(38)39-2)28-29(30(22-9-12-35-13-10-22)36-14-17-40-18-15-36)31(37)25-8-7-24(19-26(25)32(28)42-20)41-16-11-21-3-5-23(34)6-4-21/h3-10,12-13,19,30,37H,11,14-18H2,1-2H3. The van der Waals surface area contributed by atoms with E-state index in [1.54, 1.807) is 43.6 Å². The number of carbonyl (C=O) groups excluding carboxylic acids is 1. The molecule has 1 fully saturated rings. The molecule has 1 atom stereocenters. The van der Waals surface area contributed by atoms with Gasteiger partial charge in [-0.2, -0.15) is 0 Å². The number of halogens is 1. The van der Waals surface area contributed by atoms with Gasteiger partial charge in [-0.15, -0.1) is 0 Å². The van der Waals surface area contributed by atoms with E-state index < -0.39 is 12.0 Å². The van der Waals surface area contributed by atoms with Gasteiger partial charge in [0.05, 0.1) is 33.0 Å². The van der Waals surface area contributed by atoms with E-state index in [9.17, 15) is 14.3 Å². The van der Waals surface area contributed by atoms with Crippen LogP contribution in [0.1, 0.15) is 38.9 Å². The third kappa shape index (κ3) is 5.17. The van der Waals surface area contributed by atoms with Gasteiger partial charge in [0, 0.05) is 53.6 Å². The molecule has 1 aliphatic rings. The molecular formula is C33H31FN2O6. The molecule has 5 aromatic rings. The summed E-state index contributed by atoms with van der Waals surface area (Å²) in [6, 6.07) is 15.2. The molecule has 1 aliphatic heterocycles. The molecular weight excluding hydrogens is 539 g/mol. The Morgan fingerprint density at radius 2 is 1.81 bits per heavy atom. The van der Waals surface area contributed by atoms with E-state index in [-0.39, 0.29) is 17.1 Å². The summed E-state index contributed by atoms with van der Waals surface area (Å²) < 4.78 is 36.4. The quantitative estimate of drug-likeness (QED) is 0.228. The third-order valence-corrected chi connectivity index (χ3v) is 7.77. The van der Waals surface area contributed by atoms with Crippen molar-refractivity contribution in [3.8, 4) is 11.5 Å². The van der Waals surface area contributed by atoms with Crippen LogP contribution in [-0.4, -0.2) is 61.0 Å². The van der Waals surface area contributed by atoms with E-state index in [0.717, 1.165) is 11.1 Å². The second-order valence-corrected chi connectivity index (χ2v) is 10.3. The van der Waals surface area contributed by atoms with Crippen molar-refractivity contribution in [1.29, 1.82) is 0 Å². The minimum Gasteiger partial charge on any atom is -0.507 e. The predicted molar refractivity (Wildman–Crippen MR) is 156 cm³/mol. The van der Waals surface area contributed by atoms with Gasteiger partial charge in [0.1, 0.15) is 34.2 Å². The molecule has 216 valence electrons. The lowest BCUT2D eigenvalue weighted by molar-refractivity contribution is 0.0238. The maximum absolute atomic E-state index is 13.3. The van der Waals surface area contributed by atoms with Crippen molar-refractivity contribution in [2.75, 3.05) is 40.0 Å². The van der Waals surface area contributed by atoms with Gasteiger partial charge >= 0.3 is 5.97 Å². The van der Waals surface area contributed by atoms with Crippen LogP contribution >= 0.6 is 0 Å². The summed E-state index contributed by atoms with van der Waals surface area (Å²) in [7, 11) is 1.33. The van der Waals surface area contributed by atoms with Gasteiger partial charge in [-0.1, -0.05) is 12.1 Å². The molecule has 0 saturated carbocycles. The van der Waals surface area contributed by atoms with E-state index in [4.69, 9.17) is 18.6 Å². The van der Waals surface area contributed by atoms with Crippen LogP contribution in [0.15, 0.2) is 71.4 Å². The zero-order valence-corrected chi connectivity index (χ0v) is 23.4. The number of benzene rings is 3. The Morgan fingerprint density at radius 1 is 1.07 bits per heavy atom. The van der Waals surface area contributed by atoms with Crippen LogP contribution in [0.3, 0.4) is 0 Å². The number of carbonyl (C=O) groups is 1. The number of rotatable bonds is 8. The first kappa shape index (κ1) is 27.7. The Bertz CT molecular complexity index is 1730. The molecule has 1 saturated heterocycles. The van der Waals surface area contributed by atoms with Gasteiger partial charge in [-0.25, -0.2) is 9.18 Å². The van der Waals surface area contributed by atoms with E-state index in [1.807, 2.05) is 18.2 Å². The van der Waals surface area contributed by atoms with Gasteiger partial charge in [0.25, 0.3) is 0 Å². The summed E-state index contributed by atoms with van der Waals surface area (Å²) in [6.45, 7) is 4.46.